The van der Waals surface area contributed by atoms with E-state index in [4.69, 9.17) is 11.5 Å². The van der Waals surface area contributed by atoms with Crippen LogP contribution in [0.1, 0.15) is 0 Å². The van der Waals surface area contributed by atoms with Gasteiger partial charge in [-0.15, -0.1) is 0 Å². The summed E-state index contributed by atoms with van der Waals surface area (Å²) >= 11 is 0. The summed E-state index contributed by atoms with van der Waals surface area (Å²) in [6.45, 7) is 0. The van der Waals surface area contributed by atoms with Crippen LogP contribution in [0.4, 0.5) is 0 Å². The maximum Gasteiger partial charge on any atom is 0.235 e. The van der Waals surface area contributed by atoms with Crippen LogP contribution < -0.4 is 11.5 Å². The zero-order chi connectivity index (χ0) is 8.36. The maximum absolute atomic E-state index is 10.5. The minimum atomic E-state index is -3.19. The molecular formula is C4H10N2O3S. The van der Waals surface area contributed by atoms with Gasteiger partial charge in [0, 0.05) is 6.26 Å². The smallest absolute Gasteiger partial charge is 0.235 e. The van der Waals surface area contributed by atoms with Gasteiger partial charge in [-0.1, -0.05) is 0 Å². The molecule has 0 unspecified atom stereocenters. The molecule has 1 atom stereocenters. The van der Waals surface area contributed by atoms with Gasteiger partial charge in [-0.2, -0.15) is 0 Å². The fraction of sp³-hybridized carbons (Fsp3) is 0.750. The van der Waals surface area contributed by atoms with E-state index in [1.165, 1.54) is 0 Å². The molecule has 0 fully saturated rings. The van der Waals surface area contributed by atoms with Crippen LogP contribution in [0.5, 0.6) is 0 Å². The number of hydrogen-bond acceptors (Lipinski definition) is 4. The Hall–Kier alpha value is -0.620. The van der Waals surface area contributed by atoms with Crippen LogP contribution in [0.25, 0.3) is 0 Å². The van der Waals surface area contributed by atoms with E-state index in [2.05, 4.69) is 0 Å². The zero-order valence-electron chi connectivity index (χ0n) is 5.57. The molecule has 0 aromatic carbocycles. The number of nitrogens with two attached hydrogens (primary N) is 2. The normalized spacial score (nSPS) is 14.6. The first-order chi connectivity index (χ1) is 4.33. The Morgan fingerprint density at radius 3 is 2.10 bits per heavy atom. The van der Waals surface area contributed by atoms with Crippen molar-refractivity contribution in [1.82, 2.24) is 0 Å². The lowest BCUT2D eigenvalue weighted by atomic mass is 10.3. The van der Waals surface area contributed by atoms with E-state index in [1.807, 2.05) is 0 Å². The van der Waals surface area contributed by atoms with E-state index in [1.54, 1.807) is 0 Å². The first-order valence-electron chi connectivity index (χ1n) is 2.55. The third-order valence-electron chi connectivity index (χ3n) is 0.848. The molecule has 0 radical (unpaired) electrons. The average molecular weight is 166 g/mol. The van der Waals surface area contributed by atoms with Crippen LogP contribution in [0, 0.1) is 0 Å². The molecule has 0 aliphatic rings. The zero-order valence-corrected chi connectivity index (χ0v) is 6.39. The van der Waals surface area contributed by atoms with Crippen molar-refractivity contribution in [3.8, 4) is 0 Å². The van der Waals surface area contributed by atoms with Crippen LogP contribution in [0.3, 0.4) is 0 Å². The van der Waals surface area contributed by atoms with E-state index in [-0.39, 0.29) is 5.75 Å². The van der Waals surface area contributed by atoms with Crippen molar-refractivity contribution in [3.63, 3.8) is 0 Å². The van der Waals surface area contributed by atoms with Crippen molar-refractivity contribution in [2.24, 2.45) is 11.5 Å². The van der Waals surface area contributed by atoms with Gasteiger partial charge in [0.05, 0.1) is 11.8 Å². The molecule has 60 valence electrons. The number of hydrogen-bond donors (Lipinski definition) is 2. The number of sulfone groups is 1. The van der Waals surface area contributed by atoms with E-state index >= 15 is 0 Å². The summed E-state index contributed by atoms with van der Waals surface area (Å²) in [7, 11) is -3.19. The molecule has 0 heterocycles. The molecule has 0 aliphatic heterocycles. The first-order valence-corrected chi connectivity index (χ1v) is 4.61. The highest BCUT2D eigenvalue weighted by Crippen LogP contribution is 1.85. The summed E-state index contributed by atoms with van der Waals surface area (Å²) in [5.41, 5.74) is 9.76. The molecule has 1 amide bonds. The van der Waals surface area contributed by atoms with Crippen molar-refractivity contribution < 1.29 is 13.2 Å². The van der Waals surface area contributed by atoms with E-state index in [9.17, 15) is 13.2 Å². The molecule has 0 saturated heterocycles. The molecule has 6 heteroatoms. The van der Waals surface area contributed by atoms with Crippen LogP contribution in [0.2, 0.25) is 0 Å². The topological polar surface area (TPSA) is 103 Å². The Morgan fingerprint density at radius 1 is 1.60 bits per heavy atom. The molecule has 0 aromatic heterocycles. The highest BCUT2D eigenvalue weighted by Gasteiger charge is 2.15. The quantitative estimate of drug-likeness (QED) is 0.498. The SMILES string of the molecule is CS(=O)(=O)C[C@H](N)C(N)=O. The minimum Gasteiger partial charge on any atom is -0.368 e. The average Bonchev–Trinajstić information content (AvgIpc) is 1.60. The van der Waals surface area contributed by atoms with Gasteiger partial charge in [0.25, 0.3) is 0 Å². The van der Waals surface area contributed by atoms with Crippen molar-refractivity contribution in [2.75, 3.05) is 12.0 Å². The lowest BCUT2D eigenvalue weighted by Gasteiger charge is -2.03. The largest absolute Gasteiger partial charge is 0.368 e. The molecule has 0 saturated carbocycles. The van der Waals surface area contributed by atoms with E-state index in [0.29, 0.717) is 0 Å². The van der Waals surface area contributed by atoms with Gasteiger partial charge in [0.1, 0.15) is 9.84 Å². The maximum atomic E-state index is 10.5. The summed E-state index contributed by atoms with van der Waals surface area (Å²) in [5, 5.41) is 0. The van der Waals surface area contributed by atoms with Crippen LogP contribution in [-0.4, -0.2) is 32.4 Å². The molecule has 0 bridgehead atoms. The van der Waals surface area contributed by atoms with E-state index < -0.39 is 21.8 Å². The van der Waals surface area contributed by atoms with Gasteiger partial charge in [-0.05, 0) is 0 Å². The summed E-state index contributed by atoms with van der Waals surface area (Å²) in [6, 6.07) is -1.09. The molecule has 0 aliphatic carbocycles. The molecule has 10 heavy (non-hydrogen) atoms. The standard InChI is InChI=1S/C4H10N2O3S/c1-10(8,9)2-3(5)4(6)7/h3H,2,5H2,1H3,(H2,6,7)/t3-/m0/s1. The third-order valence-corrected chi connectivity index (χ3v) is 1.81. The number of primary amides is 1. The first kappa shape index (κ1) is 9.38. The molecule has 0 spiro atoms. The lowest BCUT2D eigenvalue weighted by molar-refractivity contribution is -0.118. The summed E-state index contributed by atoms with van der Waals surface area (Å²) in [6.07, 6.45) is 0.996. The van der Waals surface area contributed by atoms with Crippen LogP contribution in [0.15, 0.2) is 0 Å². The predicted octanol–water partition coefficient (Wildman–Crippen LogP) is -2.16. The Morgan fingerprint density at radius 2 is 2.00 bits per heavy atom. The second kappa shape index (κ2) is 2.98. The van der Waals surface area contributed by atoms with Gasteiger partial charge < -0.3 is 11.5 Å². The molecule has 5 nitrogen and oxygen atoms in total. The number of carbonyl (C=O) groups excluding carboxylic acids is 1. The fourth-order valence-corrected chi connectivity index (χ4v) is 1.22. The second-order valence-corrected chi connectivity index (χ2v) is 4.29. The predicted molar refractivity (Wildman–Crippen MR) is 36.9 cm³/mol. The van der Waals surface area contributed by atoms with Crippen molar-refractivity contribution >= 4 is 15.7 Å². The van der Waals surface area contributed by atoms with Crippen molar-refractivity contribution in [3.05, 3.63) is 0 Å². The van der Waals surface area contributed by atoms with Crippen LogP contribution >= 0.6 is 0 Å². The molecule has 0 rings (SSSR count). The molecular weight excluding hydrogens is 156 g/mol. The second-order valence-electron chi connectivity index (χ2n) is 2.10. The Labute approximate surface area is 59.3 Å². The Kier molecular flexibility index (Phi) is 2.79. The molecule has 4 N–H and O–H groups in total. The minimum absolute atomic E-state index is 0.387. The van der Waals surface area contributed by atoms with Gasteiger partial charge in [0.15, 0.2) is 0 Å². The summed E-state index contributed by atoms with van der Waals surface area (Å²) in [5.74, 6) is -1.19. The monoisotopic (exact) mass is 166 g/mol. The van der Waals surface area contributed by atoms with Crippen molar-refractivity contribution in [1.29, 1.82) is 0 Å². The van der Waals surface area contributed by atoms with Gasteiger partial charge in [-0.3, -0.25) is 4.79 Å². The van der Waals surface area contributed by atoms with E-state index in [0.717, 1.165) is 6.26 Å². The van der Waals surface area contributed by atoms with Crippen molar-refractivity contribution in [2.45, 2.75) is 6.04 Å². The van der Waals surface area contributed by atoms with Gasteiger partial charge in [0.2, 0.25) is 5.91 Å². The van der Waals surface area contributed by atoms with Crippen LogP contribution in [-0.2, 0) is 14.6 Å². The number of amides is 1. The highest BCUT2D eigenvalue weighted by molar-refractivity contribution is 7.90. The third kappa shape index (κ3) is 4.28. The lowest BCUT2D eigenvalue weighted by Crippen LogP contribution is -2.41. The van der Waals surface area contributed by atoms with Gasteiger partial charge in [-0.25, -0.2) is 8.42 Å². The number of carbonyl (C=O) groups is 1. The number of rotatable bonds is 3. The molecule has 0 aromatic rings. The Bertz CT molecular complexity index is 221. The highest BCUT2D eigenvalue weighted by atomic mass is 32.2. The Balaban J connectivity index is 4.06. The fourth-order valence-electron chi connectivity index (χ4n) is 0.408. The van der Waals surface area contributed by atoms with Gasteiger partial charge >= 0.3 is 0 Å². The summed E-state index contributed by atoms with van der Waals surface area (Å²) < 4.78 is 20.9. The summed E-state index contributed by atoms with van der Waals surface area (Å²) in [4.78, 5) is 10.2.